The molecular weight excluding hydrogens is 222 g/mol. The van der Waals surface area contributed by atoms with Gasteiger partial charge in [-0.05, 0) is 5.53 Å². The Bertz CT molecular complexity index is 381. The van der Waals surface area contributed by atoms with Crippen molar-refractivity contribution < 1.29 is 10.2 Å². The van der Waals surface area contributed by atoms with Gasteiger partial charge in [-0.3, -0.25) is 0 Å². The summed E-state index contributed by atoms with van der Waals surface area (Å²) in [5.41, 5.74) is 8.23. The van der Waals surface area contributed by atoms with Crippen molar-refractivity contribution in [3.63, 3.8) is 0 Å². The third kappa shape index (κ3) is 3.03. The van der Waals surface area contributed by atoms with Crippen molar-refractivity contribution in [1.29, 1.82) is 0 Å². The fourth-order valence-electron chi connectivity index (χ4n) is 0.951. The summed E-state index contributed by atoms with van der Waals surface area (Å²) in [6.45, 7) is -0.247. The van der Waals surface area contributed by atoms with E-state index in [1.165, 1.54) is 12.5 Å². The molecule has 1 aromatic heterocycles. The number of hydrogen-bond acceptors (Lipinski definition) is 5. The number of aromatic nitrogens is 2. The molecule has 0 aliphatic carbocycles. The molecule has 2 unspecified atom stereocenters. The van der Waals surface area contributed by atoms with Crippen LogP contribution in [0.15, 0.2) is 17.6 Å². The normalized spacial score (nSPS) is 14.1. The van der Waals surface area contributed by atoms with Crippen LogP contribution in [0.5, 0.6) is 0 Å². The number of halogens is 1. The molecule has 0 saturated heterocycles. The molecule has 7 nitrogen and oxygen atoms in total. The second-order valence-corrected chi connectivity index (χ2v) is 3.05. The SMILES string of the molecule is [N-]=[N+]=NCC(O)C(O)c1cncnc1Cl. The molecule has 0 bridgehead atoms. The summed E-state index contributed by atoms with van der Waals surface area (Å²) in [6.07, 6.45) is 0.00566. The number of hydrogen-bond donors (Lipinski definition) is 2. The Morgan fingerprint density at radius 3 is 2.93 bits per heavy atom. The van der Waals surface area contributed by atoms with E-state index in [-0.39, 0.29) is 17.3 Å². The number of aliphatic hydroxyl groups is 2. The first-order valence-electron chi connectivity index (χ1n) is 3.99. The molecule has 0 spiro atoms. The quantitative estimate of drug-likeness (QED) is 0.344. The van der Waals surface area contributed by atoms with Gasteiger partial charge in [-0.15, -0.1) is 0 Å². The Balaban J connectivity index is 2.79. The lowest BCUT2D eigenvalue weighted by molar-refractivity contribution is 0.0240. The predicted octanol–water partition coefficient (Wildman–Crippen LogP) is 0.835. The molecule has 0 radical (unpaired) electrons. The maximum Gasteiger partial charge on any atom is 0.138 e. The van der Waals surface area contributed by atoms with Crippen LogP contribution in [0.25, 0.3) is 10.4 Å². The largest absolute Gasteiger partial charge is 0.390 e. The van der Waals surface area contributed by atoms with Crippen LogP contribution < -0.4 is 0 Å². The topological polar surface area (TPSA) is 115 Å². The standard InChI is InChI=1S/C7H8ClN5O2/c8-7-4(1-10-3-11-7)6(15)5(14)2-12-13-9/h1,3,5-6,14-15H,2H2. The Morgan fingerprint density at radius 2 is 2.33 bits per heavy atom. The molecular formula is C7H8ClN5O2. The molecule has 0 aliphatic heterocycles. The molecule has 1 aromatic rings. The Hall–Kier alpha value is -1.40. The summed E-state index contributed by atoms with van der Waals surface area (Å²) in [7, 11) is 0. The highest BCUT2D eigenvalue weighted by atomic mass is 35.5. The number of aliphatic hydroxyl groups excluding tert-OH is 2. The van der Waals surface area contributed by atoms with Gasteiger partial charge in [0.25, 0.3) is 0 Å². The van der Waals surface area contributed by atoms with Crippen LogP contribution in [-0.2, 0) is 0 Å². The Morgan fingerprint density at radius 1 is 1.60 bits per heavy atom. The van der Waals surface area contributed by atoms with Gasteiger partial charge in [-0.25, -0.2) is 9.97 Å². The molecule has 0 aromatic carbocycles. The predicted molar refractivity (Wildman–Crippen MR) is 52.0 cm³/mol. The van der Waals surface area contributed by atoms with Crippen molar-refractivity contribution in [3.8, 4) is 0 Å². The molecule has 2 atom stereocenters. The Kier molecular flexibility index (Phi) is 4.26. The second-order valence-electron chi connectivity index (χ2n) is 2.69. The van der Waals surface area contributed by atoms with Gasteiger partial charge in [-0.2, -0.15) is 0 Å². The zero-order valence-corrected chi connectivity index (χ0v) is 8.28. The van der Waals surface area contributed by atoms with Gasteiger partial charge in [0.15, 0.2) is 0 Å². The van der Waals surface area contributed by atoms with Gasteiger partial charge in [0, 0.05) is 16.7 Å². The van der Waals surface area contributed by atoms with E-state index >= 15 is 0 Å². The fourth-order valence-corrected chi connectivity index (χ4v) is 1.16. The molecule has 1 rings (SSSR count). The van der Waals surface area contributed by atoms with E-state index in [1.807, 2.05) is 0 Å². The molecule has 2 N–H and O–H groups in total. The van der Waals surface area contributed by atoms with Crippen LogP contribution in [0.1, 0.15) is 11.7 Å². The highest BCUT2D eigenvalue weighted by molar-refractivity contribution is 6.30. The lowest BCUT2D eigenvalue weighted by Gasteiger charge is -2.15. The first-order chi connectivity index (χ1) is 7.16. The van der Waals surface area contributed by atoms with Crippen molar-refractivity contribution in [2.75, 3.05) is 6.54 Å². The zero-order chi connectivity index (χ0) is 11.3. The summed E-state index contributed by atoms with van der Waals surface area (Å²) in [5, 5.41) is 22.2. The lowest BCUT2D eigenvalue weighted by Crippen LogP contribution is -2.21. The van der Waals surface area contributed by atoms with E-state index in [2.05, 4.69) is 20.0 Å². The van der Waals surface area contributed by atoms with Crippen molar-refractivity contribution in [3.05, 3.63) is 33.7 Å². The van der Waals surface area contributed by atoms with Crippen molar-refractivity contribution >= 4 is 11.6 Å². The molecule has 0 amide bonds. The van der Waals surface area contributed by atoms with Crippen molar-refractivity contribution in [2.24, 2.45) is 5.11 Å². The van der Waals surface area contributed by atoms with Gasteiger partial charge < -0.3 is 10.2 Å². The minimum Gasteiger partial charge on any atom is -0.390 e. The van der Waals surface area contributed by atoms with Crippen LogP contribution in [0.2, 0.25) is 5.15 Å². The Labute approximate surface area is 90.0 Å². The average Bonchev–Trinajstić information content (AvgIpc) is 2.25. The van der Waals surface area contributed by atoms with Crippen LogP contribution in [0, 0.1) is 0 Å². The molecule has 8 heteroatoms. The number of rotatable bonds is 4. The summed E-state index contributed by atoms with van der Waals surface area (Å²) in [4.78, 5) is 9.77. The van der Waals surface area contributed by atoms with Crippen LogP contribution in [0.4, 0.5) is 0 Å². The van der Waals surface area contributed by atoms with E-state index < -0.39 is 12.2 Å². The van der Waals surface area contributed by atoms with Crippen LogP contribution in [-0.4, -0.2) is 32.8 Å². The second kappa shape index (κ2) is 5.47. The average molecular weight is 230 g/mol. The van der Waals surface area contributed by atoms with Gasteiger partial charge in [-0.1, -0.05) is 16.7 Å². The maximum atomic E-state index is 9.60. The number of azide groups is 1. The van der Waals surface area contributed by atoms with E-state index in [1.54, 1.807) is 0 Å². The molecule has 15 heavy (non-hydrogen) atoms. The maximum absolute atomic E-state index is 9.60. The van der Waals surface area contributed by atoms with Gasteiger partial charge in [0.2, 0.25) is 0 Å². The van der Waals surface area contributed by atoms with E-state index in [0.717, 1.165) is 0 Å². The smallest absolute Gasteiger partial charge is 0.138 e. The molecule has 80 valence electrons. The molecule has 0 fully saturated rings. The van der Waals surface area contributed by atoms with E-state index in [9.17, 15) is 10.2 Å². The monoisotopic (exact) mass is 229 g/mol. The molecule has 0 saturated carbocycles. The first kappa shape index (κ1) is 11.7. The molecule has 0 aliphatic rings. The van der Waals surface area contributed by atoms with E-state index in [4.69, 9.17) is 17.1 Å². The minimum absolute atomic E-state index is 0.0532. The lowest BCUT2D eigenvalue weighted by atomic mass is 10.1. The van der Waals surface area contributed by atoms with Crippen molar-refractivity contribution in [2.45, 2.75) is 12.2 Å². The van der Waals surface area contributed by atoms with Crippen molar-refractivity contribution in [1.82, 2.24) is 9.97 Å². The fraction of sp³-hybridized carbons (Fsp3) is 0.429. The van der Waals surface area contributed by atoms with Gasteiger partial charge in [0.1, 0.15) is 17.6 Å². The third-order valence-corrected chi connectivity index (χ3v) is 2.02. The van der Waals surface area contributed by atoms with Crippen LogP contribution in [0.3, 0.4) is 0 Å². The zero-order valence-electron chi connectivity index (χ0n) is 7.52. The third-order valence-electron chi connectivity index (χ3n) is 1.70. The highest BCUT2D eigenvalue weighted by Crippen LogP contribution is 2.22. The summed E-state index contributed by atoms with van der Waals surface area (Å²) in [5.74, 6) is 0. The highest BCUT2D eigenvalue weighted by Gasteiger charge is 2.20. The van der Waals surface area contributed by atoms with Crippen LogP contribution >= 0.6 is 11.6 Å². The number of nitrogens with zero attached hydrogens (tertiary/aromatic N) is 5. The molecule has 1 heterocycles. The first-order valence-corrected chi connectivity index (χ1v) is 4.37. The minimum atomic E-state index is -1.27. The van der Waals surface area contributed by atoms with E-state index in [0.29, 0.717) is 0 Å². The van der Waals surface area contributed by atoms with Gasteiger partial charge in [0.05, 0.1) is 12.6 Å². The summed E-state index contributed by atoms with van der Waals surface area (Å²) in [6, 6.07) is 0. The summed E-state index contributed by atoms with van der Waals surface area (Å²) >= 11 is 5.67. The summed E-state index contributed by atoms with van der Waals surface area (Å²) < 4.78 is 0. The van der Waals surface area contributed by atoms with Gasteiger partial charge >= 0.3 is 0 Å².